The summed E-state index contributed by atoms with van der Waals surface area (Å²) in [5.74, 6) is 2.28. The van der Waals surface area contributed by atoms with Crippen molar-refractivity contribution in [2.24, 2.45) is 0 Å². The Morgan fingerprint density at radius 1 is 1.23 bits per heavy atom. The van der Waals surface area contributed by atoms with E-state index in [1.807, 2.05) is 0 Å². The third-order valence-electron chi connectivity index (χ3n) is 1.57. The fourth-order valence-corrected chi connectivity index (χ4v) is 1.04. The van der Waals surface area contributed by atoms with Gasteiger partial charge in [-0.15, -0.1) is 15.2 Å². The number of alkyl halides is 2. The van der Waals surface area contributed by atoms with Crippen LogP contribution in [-0.2, 0) is 0 Å². The maximum atomic E-state index is 12.5. The molecule has 0 aliphatic carbocycles. The fourth-order valence-electron chi connectivity index (χ4n) is 1.04. The zero-order valence-electron chi connectivity index (χ0n) is 6.38. The Hall–Kier alpha value is -1.76. The van der Waals surface area contributed by atoms with Crippen molar-refractivity contribution in [3.63, 3.8) is 0 Å². The highest BCUT2D eigenvalue weighted by Gasteiger charge is 2.43. The van der Waals surface area contributed by atoms with E-state index in [9.17, 15) is 8.78 Å². The Labute approximate surface area is 73.1 Å². The molecule has 0 aromatic heterocycles. The average Bonchev–Trinajstić information content (AvgIpc) is 2.36. The van der Waals surface area contributed by atoms with E-state index in [2.05, 4.69) is 15.4 Å². The Morgan fingerprint density at radius 3 is 2.62 bits per heavy atom. The molecule has 13 heavy (non-hydrogen) atoms. The lowest BCUT2D eigenvalue weighted by Gasteiger charge is -2.04. The molecule has 0 unspecified atom stereocenters. The smallest absolute Gasteiger partial charge is 0.395 e. The number of fused-ring (bicyclic) bond motifs is 1. The number of rotatable bonds is 0. The van der Waals surface area contributed by atoms with Crippen LogP contribution in [0.2, 0.25) is 0 Å². The molecule has 0 atom stereocenters. The van der Waals surface area contributed by atoms with E-state index in [0.29, 0.717) is 5.56 Å². The lowest BCUT2D eigenvalue weighted by molar-refractivity contribution is -0.286. The Kier molecular flexibility index (Phi) is 1.43. The van der Waals surface area contributed by atoms with Crippen LogP contribution in [0.25, 0.3) is 0 Å². The molecule has 0 radical (unpaired) electrons. The zero-order valence-corrected chi connectivity index (χ0v) is 6.38. The molecule has 0 fully saturated rings. The second-order valence-electron chi connectivity index (χ2n) is 2.47. The molecule has 2 nitrogen and oxygen atoms in total. The van der Waals surface area contributed by atoms with E-state index < -0.39 is 6.29 Å². The quantitative estimate of drug-likeness (QED) is 0.571. The number of hydrogen-bond donors (Lipinski definition) is 0. The summed E-state index contributed by atoms with van der Waals surface area (Å²) in [6, 6.07) is 4.19. The van der Waals surface area contributed by atoms with E-state index in [0.717, 1.165) is 0 Å². The maximum Gasteiger partial charge on any atom is 0.586 e. The third kappa shape index (κ3) is 1.29. The maximum absolute atomic E-state index is 12.5. The predicted molar refractivity (Wildman–Crippen MR) is 40.6 cm³/mol. The normalized spacial score (nSPS) is 16.7. The van der Waals surface area contributed by atoms with E-state index >= 15 is 0 Å². The van der Waals surface area contributed by atoms with Crippen molar-refractivity contribution < 1.29 is 18.3 Å². The minimum Gasteiger partial charge on any atom is -0.395 e. The molecular formula is C9H4F2O2. The molecule has 1 heterocycles. The molecule has 1 aromatic rings. The molecule has 0 saturated heterocycles. The highest BCUT2D eigenvalue weighted by atomic mass is 19.3. The van der Waals surface area contributed by atoms with Gasteiger partial charge in [0, 0.05) is 11.6 Å². The van der Waals surface area contributed by atoms with E-state index in [1.165, 1.54) is 18.2 Å². The van der Waals surface area contributed by atoms with Gasteiger partial charge in [0.25, 0.3) is 0 Å². The Balaban J connectivity index is 2.43. The molecule has 0 N–H and O–H groups in total. The van der Waals surface area contributed by atoms with Gasteiger partial charge in [0.05, 0.1) is 0 Å². The molecular weight excluding hydrogens is 178 g/mol. The van der Waals surface area contributed by atoms with Crippen LogP contribution in [0.1, 0.15) is 5.56 Å². The van der Waals surface area contributed by atoms with Crippen molar-refractivity contribution in [2.45, 2.75) is 6.29 Å². The van der Waals surface area contributed by atoms with Gasteiger partial charge in [-0.25, -0.2) is 0 Å². The first kappa shape index (κ1) is 7.87. The minimum atomic E-state index is -3.57. The van der Waals surface area contributed by atoms with Crippen LogP contribution >= 0.6 is 0 Å². The molecule has 2 rings (SSSR count). The van der Waals surface area contributed by atoms with Crippen molar-refractivity contribution in [2.75, 3.05) is 0 Å². The molecule has 66 valence electrons. The second-order valence-corrected chi connectivity index (χ2v) is 2.47. The average molecular weight is 182 g/mol. The second kappa shape index (κ2) is 2.36. The summed E-state index contributed by atoms with van der Waals surface area (Å²) in [6.45, 7) is 0. The molecule has 0 bridgehead atoms. The molecule has 1 aromatic carbocycles. The van der Waals surface area contributed by atoms with Gasteiger partial charge in [-0.05, 0) is 12.1 Å². The lowest BCUT2D eigenvalue weighted by Crippen LogP contribution is -2.25. The van der Waals surface area contributed by atoms with Crippen molar-refractivity contribution in [1.29, 1.82) is 0 Å². The minimum absolute atomic E-state index is 0.00370. The number of benzene rings is 1. The first-order valence-corrected chi connectivity index (χ1v) is 3.47. The monoisotopic (exact) mass is 182 g/mol. The van der Waals surface area contributed by atoms with Crippen molar-refractivity contribution in [3.8, 4) is 23.8 Å². The highest BCUT2D eigenvalue weighted by Crippen LogP contribution is 2.40. The standard InChI is InChI=1S/C9H4F2O2/c1-2-6-3-4-7-8(5-6)13-9(10,11)12-7/h1,3-5H. The Bertz CT molecular complexity index is 393. The summed E-state index contributed by atoms with van der Waals surface area (Å²) in [5.41, 5.74) is 0.472. The van der Waals surface area contributed by atoms with Crippen molar-refractivity contribution in [3.05, 3.63) is 23.8 Å². The summed E-state index contributed by atoms with van der Waals surface area (Å²) in [7, 11) is 0. The summed E-state index contributed by atoms with van der Waals surface area (Å²) in [4.78, 5) is 0. The van der Waals surface area contributed by atoms with Crippen molar-refractivity contribution >= 4 is 0 Å². The fraction of sp³-hybridized carbons (Fsp3) is 0.111. The van der Waals surface area contributed by atoms with Gasteiger partial charge in [0.2, 0.25) is 0 Å². The summed E-state index contributed by atoms with van der Waals surface area (Å²) >= 11 is 0. The lowest BCUT2D eigenvalue weighted by atomic mass is 10.2. The number of hydrogen-bond acceptors (Lipinski definition) is 2. The van der Waals surface area contributed by atoms with Gasteiger partial charge in [0.1, 0.15) is 0 Å². The van der Waals surface area contributed by atoms with Gasteiger partial charge >= 0.3 is 6.29 Å². The first-order valence-electron chi connectivity index (χ1n) is 3.47. The van der Waals surface area contributed by atoms with Crippen molar-refractivity contribution in [1.82, 2.24) is 0 Å². The summed E-state index contributed by atoms with van der Waals surface area (Å²) in [5, 5.41) is 0. The summed E-state index contributed by atoms with van der Waals surface area (Å²) in [6.07, 6.45) is 1.50. The molecule has 0 amide bonds. The number of ether oxygens (including phenoxy) is 2. The van der Waals surface area contributed by atoms with Gasteiger partial charge in [-0.2, -0.15) is 0 Å². The number of terminal acetylenes is 1. The first-order chi connectivity index (χ1) is 6.11. The van der Waals surface area contributed by atoms with Gasteiger partial charge in [0.15, 0.2) is 11.5 Å². The van der Waals surface area contributed by atoms with Gasteiger partial charge < -0.3 is 9.47 Å². The van der Waals surface area contributed by atoms with Crippen LogP contribution in [-0.4, -0.2) is 6.29 Å². The summed E-state index contributed by atoms with van der Waals surface area (Å²) < 4.78 is 33.3. The van der Waals surface area contributed by atoms with Gasteiger partial charge in [-0.3, -0.25) is 0 Å². The molecule has 0 spiro atoms. The van der Waals surface area contributed by atoms with Crippen LogP contribution in [0.3, 0.4) is 0 Å². The molecule has 1 aliphatic rings. The van der Waals surface area contributed by atoms with E-state index in [4.69, 9.17) is 6.42 Å². The predicted octanol–water partition coefficient (Wildman–Crippen LogP) is 1.99. The highest BCUT2D eigenvalue weighted by molar-refractivity contribution is 5.49. The van der Waals surface area contributed by atoms with E-state index in [-0.39, 0.29) is 11.5 Å². The van der Waals surface area contributed by atoms with Crippen LogP contribution in [0.15, 0.2) is 18.2 Å². The molecule has 1 aliphatic heterocycles. The third-order valence-corrected chi connectivity index (χ3v) is 1.57. The Morgan fingerprint density at radius 2 is 1.92 bits per heavy atom. The molecule has 0 saturated carbocycles. The van der Waals surface area contributed by atoms with Crippen LogP contribution in [0.5, 0.6) is 11.5 Å². The van der Waals surface area contributed by atoms with Crippen LogP contribution in [0, 0.1) is 12.3 Å². The zero-order chi connectivity index (χ0) is 9.47. The SMILES string of the molecule is C#Cc1ccc2c(c1)OC(F)(F)O2. The molecule has 4 heteroatoms. The number of halogens is 2. The topological polar surface area (TPSA) is 18.5 Å². The largest absolute Gasteiger partial charge is 0.586 e. The van der Waals surface area contributed by atoms with Crippen LogP contribution in [0.4, 0.5) is 8.78 Å². The van der Waals surface area contributed by atoms with E-state index in [1.54, 1.807) is 0 Å². The van der Waals surface area contributed by atoms with Crippen LogP contribution < -0.4 is 9.47 Å². The van der Waals surface area contributed by atoms with Gasteiger partial charge in [-0.1, -0.05) is 5.92 Å².